The molecule has 0 radical (unpaired) electrons. The van der Waals surface area contributed by atoms with Gasteiger partial charge in [-0.2, -0.15) is 0 Å². The van der Waals surface area contributed by atoms with Crippen molar-refractivity contribution in [1.82, 2.24) is 10.2 Å². The molecule has 2 saturated heterocycles. The van der Waals surface area contributed by atoms with Crippen molar-refractivity contribution in [3.63, 3.8) is 0 Å². The fourth-order valence-corrected chi connectivity index (χ4v) is 3.21. The van der Waals surface area contributed by atoms with E-state index in [1.54, 1.807) is 0 Å². The predicted molar refractivity (Wildman–Crippen MR) is 71.2 cm³/mol. The van der Waals surface area contributed by atoms with Crippen LogP contribution >= 0.6 is 0 Å². The summed E-state index contributed by atoms with van der Waals surface area (Å²) in [6.45, 7) is 11.4. The van der Waals surface area contributed by atoms with Crippen LogP contribution in [0.2, 0.25) is 0 Å². The van der Waals surface area contributed by atoms with E-state index in [4.69, 9.17) is 4.74 Å². The first kappa shape index (κ1) is 13.3. The molecule has 0 bridgehead atoms. The summed E-state index contributed by atoms with van der Waals surface area (Å²) in [5.74, 6) is 0.835. The number of rotatable bonds is 2. The predicted octanol–water partition coefficient (Wildman–Crippen LogP) is 1.73. The molecule has 2 aliphatic heterocycles. The summed E-state index contributed by atoms with van der Waals surface area (Å²) < 4.78 is 5.67. The van der Waals surface area contributed by atoms with Gasteiger partial charge in [0, 0.05) is 25.2 Å². The van der Waals surface area contributed by atoms with Gasteiger partial charge in [-0.1, -0.05) is 20.8 Å². The Morgan fingerprint density at radius 1 is 1.24 bits per heavy atom. The number of likely N-dealkylation sites (tertiary alicyclic amines) is 1. The van der Waals surface area contributed by atoms with Crippen molar-refractivity contribution >= 4 is 0 Å². The van der Waals surface area contributed by atoms with Crippen LogP contribution in [0, 0.1) is 11.3 Å². The Morgan fingerprint density at radius 2 is 2.00 bits per heavy atom. The number of ether oxygens (including phenoxy) is 1. The quantitative estimate of drug-likeness (QED) is 0.795. The molecule has 0 amide bonds. The van der Waals surface area contributed by atoms with E-state index < -0.39 is 0 Å². The minimum atomic E-state index is 0.444. The monoisotopic (exact) mass is 240 g/mol. The first-order valence-electron chi connectivity index (χ1n) is 7.01. The zero-order valence-corrected chi connectivity index (χ0v) is 11.8. The Morgan fingerprint density at radius 3 is 2.59 bits per heavy atom. The van der Waals surface area contributed by atoms with Crippen LogP contribution in [0.25, 0.3) is 0 Å². The molecule has 0 aliphatic carbocycles. The molecule has 1 N–H and O–H groups in total. The van der Waals surface area contributed by atoms with Gasteiger partial charge >= 0.3 is 0 Å². The van der Waals surface area contributed by atoms with Gasteiger partial charge in [0.25, 0.3) is 0 Å². The second-order valence-electron chi connectivity index (χ2n) is 6.67. The van der Waals surface area contributed by atoms with Crippen molar-refractivity contribution in [1.29, 1.82) is 0 Å². The summed E-state index contributed by atoms with van der Waals surface area (Å²) in [6, 6.07) is 1.20. The maximum Gasteiger partial charge on any atom is 0.0637 e. The highest BCUT2D eigenvalue weighted by atomic mass is 16.5. The Balaban J connectivity index is 1.95. The molecular weight excluding hydrogens is 212 g/mol. The van der Waals surface area contributed by atoms with Crippen molar-refractivity contribution in [2.24, 2.45) is 11.3 Å². The number of likely N-dealkylation sites (N-methyl/N-ethyl adjacent to an activating group) is 1. The first-order valence-corrected chi connectivity index (χ1v) is 7.01. The van der Waals surface area contributed by atoms with Crippen LogP contribution in [0.5, 0.6) is 0 Å². The third-order valence-electron chi connectivity index (χ3n) is 4.61. The summed E-state index contributed by atoms with van der Waals surface area (Å²) in [4.78, 5) is 2.65. The van der Waals surface area contributed by atoms with Crippen LogP contribution in [-0.2, 0) is 4.74 Å². The van der Waals surface area contributed by atoms with Crippen molar-refractivity contribution in [2.45, 2.75) is 45.7 Å². The van der Waals surface area contributed by atoms with Crippen molar-refractivity contribution in [3.05, 3.63) is 0 Å². The van der Waals surface area contributed by atoms with Gasteiger partial charge in [-0.25, -0.2) is 0 Å². The van der Waals surface area contributed by atoms with Crippen molar-refractivity contribution in [3.8, 4) is 0 Å². The van der Waals surface area contributed by atoms with E-state index in [0.717, 1.165) is 25.6 Å². The van der Waals surface area contributed by atoms with Gasteiger partial charge < -0.3 is 10.1 Å². The molecule has 2 aliphatic rings. The zero-order valence-electron chi connectivity index (χ0n) is 11.8. The van der Waals surface area contributed by atoms with Gasteiger partial charge in [0.05, 0.1) is 6.61 Å². The summed E-state index contributed by atoms with van der Waals surface area (Å²) >= 11 is 0. The van der Waals surface area contributed by atoms with Gasteiger partial charge in [0.15, 0.2) is 0 Å². The molecule has 100 valence electrons. The number of hydrogen-bond donors (Lipinski definition) is 1. The molecule has 17 heavy (non-hydrogen) atoms. The summed E-state index contributed by atoms with van der Waals surface area (Å²) in [5, 5.41) is 3.46. The largest absolute Gasteiger partial charge is 0.380 e. The second-order valence-corrected chi connectivity index (χ2v) is 6.67. The van der Waals surface area contributed by atoms with E-state index in [1.807, 2.05) is 0 Å². The standard InChI is InChI=1S/C14H28N2O/c1-14(2,3)11-5-7-16(9-11)13-10-17-8-6-12(13)15-4/h11-13,15H,5-10H2,1-4H3. The lowest BCUT2D eigenvalue weighted by Gasteiger charge is -2.38. The lowest BCUT2D eigenvalue weighted by molar-refractivity contribution is 0.00394. The highest BCUT2D eigenvalue weighted by Crippen LogP contribution is 2.35. The normalized spacial score (nSPS) is 36.4. The summed E-state index contributed by atoms with van der Waals surface area (Å²) in [6.07, 6.45) is 2.49. The smallest absolute Gasteiger partial charge is 0.0637 e. The minimum Gasteiger partial charge on any atom is -0.380 e. The maximum atomic E-state index is 5.67. The third kappa shape index (κ3) is 3.01. The Hall–Kier alpha value is -0.120. The fraction of sp³-hybridized carbons (Fsp3) is 1.00. The van der Waals surface area contributed by atoms with Gasteiger partial charge in [0.1, 0.15) is 0 Å². The number of nitrogens with zero attached hydrogens (tertiary/aromatic N) is 1. The lowest BCUT2D eigenvalue weighted by Crippen LogP contribution is -2.54. The molecule has 3 atom stereocenters. The molecule has 3 heteroatoms. The highest BCUT2D eigenvalue weighted by Gasteiger charge is 2.38. The van der Waals surface area contributed by atoms with Gasteiger partial charge in [-0.15, -0.1) is 0 Å². The Kier molecular flexibility index (Phi) is 4.11. The van der Waals surface area contributed by atoms with E-state index in [-0.39, 0.29) is 0 Å². The molecule has 0 aromatic heterocycles. The second kappa shape index (κ2) is 5.25. The molecule has 2 rings (SSSR count). The van der Waals surface area contributed by atoms with Gasteiger partial charge in [-0.3, -0.25) is 4.90 Å². The summed E-state index contributed by atoms with van der Waals surface area (Å²) in [5.41, 5.74) is 0.444. The van der Waals surface area contributed by atoms with Crippen LogP contribution in [0.4, 0.5) is 0 Å². The molecule has 2 fully saturated rings. The molecule has 0 aromatic carbocycles. The number of nitrogens with one attached hydrogen (secondary N) is 1. The van der Waals surface area contributed by atoms with E-state index in [1.165, 1.54) is 19.5 Å². The van der Waals surface area contributed by atoms with Crippen LogP contribution in [-0.4, -0.2) is 50.3 Å². The van der Waals surface area contributed by atoms with Crippen LogP contribution in [0.1, 0.15) is 33.6 Å². The van der Waals surface area contributed by atoms with Crippen molar-refractivity contribution in [2.75, 3.05) is 33.4 Å². The average Bonchev–Trinajstić information content (AvgIpc) is 2.77. The molecule has 2 heterocycles. The molecular formula is C14H28N2O. The van der Waals surface area contributed by atoms with E-state index in [0.29, 0.717) is 17.5 Å². The third-order valence-corrected chi connectivity index (χ3v) is 4.61. The molecule has 0 saturated carbocycles. The molecule has 3 unspecified atom stereocenters. The number of hydrogen-bond acceptors (Lipinski definition) is 3. The van der Waals surface area contributed by atoms with E-state index >= 15 is 0 Å². The minimum absolute atomic E-state index is 0.444. The topological polar surface area (TPSA) is 24.5 Å². The Labute approximate surface area is 106 Å². The lowest BCUT2D eigenvalue weighted by atomic mass is 9.80. The highest BCUT2D eigenvalue weighted by molar-refractivity contribution is 4.92. The van der Waals surface area contributed by atoms with Gasteiger partial charge in [-0.05, 0) is 37.8 Å². The van der Waals surface area contributed by atoms with Crippen molar-refractivity contribution < 1.29 is 4.74 Å². The van der Waals surface area contributed by atoms with E-state index in [9.17, 15) is 0 Å². The van der Waals surface area contributed by atoms with Crippen LogP contribution < -0.4 is 5.32 Å². The first-order chi connectivity index (χ1) is 8.02. The maximum absolute atomic E-state index is 5.67. The Bertz CT molecular complexity index is 249. The van der Waals surface area contributed by atoms with Crippen LogP contribution in [0.3, 0.4) is 0 Å². The molecule has 0 spiro atoms. The van der Waals surface area contributed by atoms with Gasteiger partial charge in [0.2, 0.25) is 0 Å². The summed E-state index contributed by atoms with van der Waals surface area (Å²) in [7, 11) is 2.08. The zero-order chi connectivity index (χ0) is 12.5. The average molecular weight is 240 g/mol. The van der Waals surface area contributed by atoms with Crippen LogP contribution in [0.15, 0.2) is 0 Å². The SMILES string of the molecule is CNC1CCOCC1N1CCC(C(C)(C)C)C1. The van der Waals surface area contributed by atoms with E-state index in [2.05, 4.69) is 38.0 Å². The molecule has 3 nitrogen and oxygen atoms in total. The molecule has 0 aromatic rings. The fourth-order valence-electron chi connectivity index (χ4n) is 3.21.